The minimum Gasteiger partial charge on any atom is -0.343 e. The highest BCUT2D eigenvalue weighted by molar-refractivity contribution is 7.80. The first kappa shape index (κ1) is 8.37. The Morgan fingerprint density at radius 3 is 3.20 bits per heavy atom. The number of nitrogens with two attached hydrogens (primary N) is 1. The Morgan fingerprint density at radius 2 is 2.50 bits per heavy atom. The smallest absolute Gasteiger partial charge is 0.0957 e. The van der Waals surface area contributed by atoms with Crippen molar-refractivity contribution in [2.75, 3.05) is 18.8 Å². The van der Waals surface area contributed by atoms with Gasteiger partial charge in [-0.25, -0.2) is 0 Å². The van der Waals surface area contributed by atoms with Gasteiger partial charge < -0.3 is 10.6 Å². The number of hydrogen-bond acceptors (Lipinski definition) is 2. The van der Waals surface area contributed by atoms with Crippen LogP contribution in [0.4, 0.5) is 0 Å². The van der Waals surface area contributed by atoms with Gasteiger partial charge in [0.05, 0.1) is 12.6 Å². The highest BCUT2D eigenvalue weighted by Crippen LogP contribution is 1.94. The second-order valence-electron chi connectivity index (χ2n) is 3.08. The van der Waals surface area contributed by atoms with Gasteiger partial charge in [0.25, 0.3) is 0 Å². The predicted molar refractivity (Wildman–Crippen MR) is 46.5 cm³/mol. The number of rotatable bonds is 1. The molecule has 2 atom stereocenters. The molecule has 2 nitrogen and oxygen atoms in total. The minimum absolute atomic E-state index is 0.643. The molecule has 1 rings (SSSR count). The first-order valence-corrected chi connectivity index (χ1v) is 4.63. The normalized spacial score (nSPS) is 35.4. The largest absolute Gasteiger partial charge is 0.343 e. The third-order valence-electron chi connectivity index (χ3n) is 2.03. The van der Waals surface area contributed by atoms with Crippen LogP contribution in [0.2, 0.25) is 0 Å². The molecule has 0 radical (unpaired) electrons. The summed E-state index contributed by atoms with van der Waals surface area (Å²) in [5.41, 5.74) is 0. The standard InChI is InChI=1S/C7H16N2S/c1-6-4-9-7(5-10)2-3-8-6/h6-10H,2-5H2,1H3/p+1/t6-,7-/m0/s1. The SMILES string of the molecule is C[C@H]1CN[C@H](CS)CC[NH2+]1. The van der Waals surface area contributed by atoms with Crippen molar-refractivity contribution >= 4 is 12.6 Å². The van der Waals surface area contributed by atoms with Crippen LogP contribution in [0.3, 0.4) is 0 Å². The van der Waals surface area contributed by atoms with E-state index in [-0.39, 0.29) is 0 Å². The highest BCUT2D eigenvalue weighted by atomic mass is 32.1. The summed E-state index contributed by atoms with van der Waals surface area (Å²) in [6.07, 6.45) is 1.26. The first-order chi connectivity index (χ1) is 4.83. The van der Waals surface area contributed by atoms with Gasteiger partial charge in [-0.2, -0.15) is 12.6 Å². The van der Waals surface area contributed by atoms with E-state index in [4.69, 9.17) is 0 Å². The molecule has 3 heteroatoms. The second-order valence-corrected chi connectivity index (χ2v) is 3.44. The fourth-order valence-electron chi connectivity index (χ4n) is 1.28. The lowest BCUT2D eigenvalue weighted by Crippen LogP contribution is -2.90. The Kier molecular flexibility index (Phi) is 3.52. The summed E-state index contributed by atoms with van der Waals surface area (Å²) in [7, 11) is 0. The van der Waals surface area contributed by atoms with Gasteiger partial charge in [-0.15, -0.1) is 0 Å². The summed E-state index contributed by atoms with van der Waals surface area (Å²) >= 11 is 4.26. The van der Waals surface area contributed by atoms with Gasteiger partial charge in [0.2, 0.25) is 0 Å². The van der Waals surface area contributed by atoms with Gasteiger partial charge in [0.15, 0.2) is 0 Å². The lowest BCUT2D eigenvalue weighted by Gasteiger charge is -2.10. The Hall–Kier alpha value is 0.270. The van der Waals surface area contributed by atoms with Crippen molar-refractivity contribution in [3.63, 3.8) is 0 Å². The summed E-state index contributed by atoms with van der Waals surface area (Å²) < 4.78 is 0. The zero-order valence-corrected chi connectivity index (χ0v) is 7.40. The molecule has 1 heterocycles. The topological polar surface area (TPSA) is 28.6 Å². The van der Waals surface area contributed by atoms with Crippen molar-refractivity contribution in [2.45, 2.75) is 25.4 Å². The molecular weight excluding hydrogens is 144 g/mol. The number of thiol groups is 1. The van der Waals surface area contributed by atoms with E-state index in [1.54, 1.807) is 0 Å². The molecule has 0 amide bonds. The van der Waals surface area contributed by atoms with Gasteiger partial charge in [-0.1, -0.05) is 0 Å². The molecule has 0 saturated carbocycles. The Labute approximate surface area is 68.2 Å². The van der Waals surface area contributed by atoms with Crippen LogP contribution in [-0.2, 0) is 0 Å². The molecule has 1 aliphatic heterocycles. The minimum atomic E-state index is 0.643. The molecule has 0 aliphatic carbocycles. The van der Waals surface area contributed by atoms with Crippen molar-refractivity contribution in [1.82, 2.24) is 5.32 Å². The maximum Gasteiger partial charge on any atom is 0.0957 e. The Balaban J connectivity index is 2.26. The zero-order chi connectivity index (χ0) is 7.40. The van der Waals surface area contributed by atoms with Crippen LogP contribution < -0.4 is 10.6 Å². The predicted octanol–water partition coefficient (Wildman–Crippen LogP) is -0.770. The highest BCUT2D eigenvalue weighted by Gasteiger charge is 2.14. The molecule has 0 aromatic carbocycles. The van der Waals surface area contributed by atoms with E-state index >= 15 is 0 Å². The summed E-state index contributed by atoms with van der Waals surface area (Å²) in [5, 5.41) is 5.87. The van der Waals surface area contributed by atoms with Gasteiger partial charge in [0, 0.05) is 24.8 Å². The third-order valence-corrected chi connectivity index (χ3v) is 2.47. The van der Waals surface area contributed by atoms with Crippen molar-refractivity contribution in [1.29, 1.82) is 0 Å². The molecule has 1 aliphatic rings. The van der Waals surface area contributed by atoms with Crippen LogP contribution in [0.1, 0.15) is 13.3 Å². The van der Waals surface area contributed by atoms with Crippen molar-refractivity contribution in [2.24, 2.45) is 0 Å². The van der Waals surface area contributed by atoms with Crippen molar-refractivity contribution in [3.05, 3.63) is 0 Å². The van der Waals surface area contributed by atoms with E-state index in [0.717, 1.165) is 18.3 Å². The maximum atomic E-state index is 4.26. The molecule has 0 unspecified atom stereocenters. The fraction of sp³-hybridized carbons (Fsp3) is 1.00. The van der Waals surface area contributed by atoms with Crippen molar-refractivity contribution < 1.29 is 5.32 Å². The van der Waals surface area contributed by atoms with Crippen LogP contribution >= 0.6 is 12.6 Å². The molecule has 0 spiro atoms. The van der Waals surface area contributed by atoms with Gasteiger partial charge in [-0.05, 0) is 6.92 Å². The average molecular weight is 161 g/mol. The van der Waals surface area contributed by atoms with Gasteiger partial charge >= 0.3 is 0 Å². The summed E-state index contributed by atoms with van der Waals surface area (Å²) in [5.74, 6) is 0.973. The molecule has 0 bridgehead atoms. The van der Waals surface area contributed by atoms with E-state index < -0.39 is 0 Å². The maximum absolute atomic E-state index is 4.26. The third kappa shape index (κ3) is 2.48. The lowest BCUT2D eigenvalue weighted by atomic mass is 10.2. The lowest BCUT2D eigenvalue weighted by molar-refractivity contribution is -0.682. The van der Waals surface area contributed by atoms with Gasteiger partial charge in [0.1, 0.15) is 0 Å². The molecule has 1 fully saturated rings. The molecule has 3 N–H and O–H groups in total. The molecule has 1 saturated heterocycles. The second kappa shape index (κ2) is 4.21. The Bertz CT molecular complexity index is 97.6. The fourth-order valence-corrected chi connectivity index (χ4v) is 1.59. The van der Waals surface area contributed by atoms with Crippen LogP contribution in [0.25, 0.3) is 0 Å². The summed E-state index contributed by atoms with van der Waals surface area (Å²) in [6.45, 7) is 4.64. The van der Waals surface area contributed by atoms with E-state index in [0.29, 0.717) is 6.04 Å². The van der Waals surface area contributed by atoms with Gasteiger partial charge in [-0.3, -0.25) is 0 Å². The van der Waals surface area contributed by atoms with Crippen LogP contribution in [0.15, 0.2) is 0 Å². The molecular formula is C7H17N2S+. The Morgan fingerprint density at radius 1 is 1.70 bits per heavy atom. The monoisotopic (exact) mass is 161 g/mol. The van der Waals surface area contributed by atoms with E-state index in [1.807, 2.05) is 0 Å². The van der Waals surface area contributed by atoms with Crippen molar-refractivity contribution in [3.8, 4) is 0 Å². The van der Waals surface area contributed by atoms with Crippen LogP contribution in [0, 0.1) is 0 Å². The average Bonchev–Trinajstić information content (AvgIpc) is 2.14. The van der Waals surface area contributed by atoms with E-state index in [2.05, 4.69) is 30.2 Å². The summed E-state index contributed by atoms with van der Waals surface area (Å²) in [4.78, 5) is 0. The quantitative estimate of drug-likeness (QED) is 0.433. The summed E-state index contributed by atoms with van der Waals surface area (Å²) in [6, 6.07) is 1.38. The molecule has 10 heavy (non-hydrogen) atoms. The molecule has 0 aromatic rings. The van der Waals surface area contributed by atoms with Crippen LogP contribution in [0.5, 0.6) is 0 Å². The number of quaternary nitrogens is 1. The molecule has 0 aromatic heterocycles. The first-order valence-electron chi connectivity index (χ1n) is 4.00. The van der Waals surface area contributed by atoms with Crippen LogP contribution in [-0.4, -0.2) is 30.9 Å². The number of hydrogen-bond donors (Lipinski definition) is 3. The van der Waals surface area contributed by atoms with E-state index in [9.17, 15) is 0 Å². The van der Waals surface area contributed by atoms with E-state index in [1.165, 1.54) is 13.0 Å². The zero-order valence-electron chi connectivity index (χ0n) is 6.51. The number of nitrogens with one attached hydrogen (secondary N) is 1. The molecule has 60 valence electrons.